The largest absolute Gasteiger partial charge is 0.380 e. The minimum Gasteiger partial charge on any atom is -0.380 e. The Morgan fingerprint density at radius 3 is 0.777 bits per heavy atom. The molecule has 9 fully saturated rings. The maximum absolute atomic E-state index is 18.2. The highest BCUT2D eigenvalue weighted by atomic mass is 19.2. The van der Waals surface area contributed by atoms with E-state index in [-0.39, 0.29) is 0 Å². The Hall–Kier alpha value is -8.72. The normalized spacial score (nSPS) is 37.9. The molecule has 5 heterocycles. The van der Waals surface area contributed by atoms with E-state index >= 15 is 35.1 Å². The number of nitrogens with one attached hydrogen (secondary N) is 15. The topological polar surface area (TPSA) is 184 Å². The van der Waals surface area contributed by atoms with Crippen LogP contribution in [-0.2, 0) is 0 Å². The number of halogens is 8. The number of rotatable bonds is 16. The zero-order valence-corrected chi connectivity index (χ0v) is 64.1. The SMILES string of the molecule is Cc1ccccc1NC1CC2C3NC(NC4C5C(Nc6ccccc6C)C(Nc6ccccc6C)C(Nc6ccccc6C)C(Nc6ccccc6C)C5C(NC5NC(NC6NC(N3)C3C(F)C(F)C(F)C(F)C63)C3C(F)C(F)C(F)C(F)C53)N4Nc3ccccc3C)C2C(Nc2ccccc2C)C1Nc1ccccc1C. The van der Waals surface area contributed by atoms with E-state index in [1.165, 1.54) is 0 Å². The zero-order chi connectivity index (χ0) is 77.7. The first-order valence-corrected chi connectivity index (χ1v) is 40.0. The summed E-state index contributed by atoms with van der Waals surface area (Å²) in [6, 6.07) is 61.3. The molecule has 9 aliphatic rings. The molecule has 0 spiro atoms. The van der Waals surface area contributed by atoms with Crippen LogP contribution in [-0.4, -0.2) is 146 Å². The van der Waals surface area contributed by atoms with E-state index in [9.17, 15) is 0 Å². The van der Waals surface area contributed by atoms with Gasteiger partial charge in [-0.2, -0.15) is 5.01 Å². The standard InChI is InChI=1S/C88H104F8N16/c1-42-25-9-17-33-51(42)97-59-41-50-60(76(99-53-35-19-11-27-44(53)3)75(59)98-52-34-18-10-26-43(52)2)82-104-81(50)105-83-61-62(68(90)72(94)71(93)67(61)89)84(106-83)107-85-63-64(70(92)74(96)73(95)69(63)91)86(108-85)110-88-66-65(87(109-82)112(88)111-58-40-24-16-32-49(58)8)77(100-54-36-20-12-28-45(54)4)79(102-56-38-22-14-30-47(56)6)80(103-57-39-23-15-31-48(57)7)78(66)101-55-37-21-13-29-46(55)5/h9-40,50,59-88,97-111H,41H2,1-8H3. The number of nitrogens with zero attached hydrogens (tertiary/aromatic N) is 1. The molecule has 15 N–H and O–H groups in total. The van der Waals surface area contributed by atoms with Crippen LogP contribution < -0.4 is 79.9 Å². The summed E-state index contributed by atoms with van der Waals surface area (Å²) in [5.74, 6) is -8.97. The van der Waals surface area contributed by atoms with E-state index in [4.69, 9.17) is 0 Å². The van der Waals surface area contributed by atoms with Crippen molar-refractivity contribution < 1.29 is 35.1 Å². The van der Waals surface area contributed by atoms with Crippen LogP contribution in [0.5, 0.6) is 0 Å². The van der Waals surface area contributed by atoms with Crippen molar-refractivity contribution in [2.45, 2.75) is 203 Å². The molecule has 592 valence electrons. The second-order valence-electron chi connectivity index (χ2n) is 33.2. The number of alkyl halides is 8. The van der Waals surface area contributed by atoms with Crippen molar-refractivity contribution in [1.29, 1.82) is 0 Å². The van der Waals surface area contributed by atoms with Gasteiger partial charge in [-0.3, -0.25) is 37.2 Å². The van der Waals surface area contributed by atoms with Crippen molar-refractivity contribution in [1.82, 2.24) is 42.2 Å². The van der Waals surface area contributed by atoms with E-state index in [2.05, 4.69) is 218 Å². The first-order valence-electron chi connectivity index (χ1n) is 40.0. The molecule has 31 unspecified atom stereocenters. The number of fused-ring (bicyclic) bond motifs is 20. The molecule has 17 rings (SSSR count). The minimum atomic E-state index is -2.93. The third-order valence-corrected chi connectivity index (χ3v) is 26.7. The van der Waals surface area contributed by atoms with Crippen LogP contribution in [0.1, 0.15) is 50.9 Å². The molecule has 0 amide bonds. The second kappa shape index (κ2) is 31.2. The number of hydrogen-bond donors (Lipinski definition) is 15. The van der Waals surface area contributed by atoms with Crippen molar-refractivity contribution in [3.05, 3.63) is 239 Å². The smallest absolute Gasteiger partial charge is 0.165 e. The summed E-state index contributed by atoms with van der Waals surface area (Å²) in [5, 5.41) is 58.1. The molecule has 31 atom stereocenters. The predicted octanol–water partition coefficient (Wildman–Crippen LogP) is 14.0. The first-order chi connectivity index (χ1) is 54.2. The Morgan fingerprint density at radius 1 is 0.241 bits per heavy atom. The third-order valence-electron chi connectivity index (χ3n) is 26.7. The summed E-state index contributed by atoms with van der Waals surface area (Å²) in [6.45, 7) is 16.5. The van der Waals surface area contributed by atoms with Gasteiger partial charge in [-0.25, -0.2) is 35.1 Å². The number of benzene rings is 8. The lowest BCUT2D eigenvalue weighted by molar-refractivity contribution is -0.0875. The fraction of sp³-hybridized carbons (Fsp3) is 0.455. The highest BCUT2D eigenvalue weighted by Gasteiger charge is 2.69. The monoisotopic (exact) mass is 1540 g/mol. The molecule has 0 aromatic heterocycles. The number of hydrogen-bond acceptors (Lipinski definition) is 16. The number of anilines is 8. The first kappa shape index (κ1) is 75.9. The fourth-order valence-electron chi connectivity index (χ4n) is 21.0. The highest BCUT2D eigenvalue weighted by Crippen LogP contribution is 2.54. The lowest BCUT2D eigenvalue weighted by atomic mass is 9.66. The Labute approximate surface area is 651 Å². The summed E-state index contributed by atoms with van der Waals surface area (Å²) in [6.07, 6.45) is -30.9. The van der Waals surface area contributed by atoms with Crippen LogP contribution in [0.3, 0.4) is 0 Å². The maximum atomic E-state index is 18.2. The van der Waals surface area contributed by atoms with Gasteiger partial charge in [-0.1, -0.05) is 146 Å². The van der Waals surface area contributed by atoms with Crippen LogP contribution in [0.2, 0.25) is 0 Å². The Balaban J connectivity index is 0.940. The molecular formula is C88H104F8N16. The average molecular weight is 1540 g/mol. The van der Waals surface area contributed by atoms with Crippen LogP contribution in [0.4, 0.5) is 80.6 Å². The molecule has 112 heavy (non-hydrogen) atoms. The zero-order valence-electron chi connectivity index (χ0n) is 64.1. The van der Waals surface area contributed by atoms with Crippen LogP contribution >= 0.6 is 0 Å². The Morgan fingerprint density at radius 2 is 0.473 bits per heavy atom. The average Bonchev–Trinajstić information content (AvgIpc) is 1.54. The molecular weight excluding hydrogens is 1430 g/mol. The molecule has 24 heteroatoms. The van der Waals surface area contributed by atoms with E-state index in [1.807, 2.05) is 116 Å². The van der Waals surface area contributed by atoms with Crippen LogP contribution in [0, 0.1) is 103 Å². The highest BCUT2D eigenvalue weighted by molar-refractivity contribution is 5.63. The summed E-state index contributed by atoms with van der Waals surface area (Å²) in [4.78, 5) is 0. The number of aryl methyl sites for hydroxylation is 8. The van der Waals surface area contributed by atoms with Gasteiger partial charge in [0.15, 0.2) is 24.7 Å². The third kappa shape index (κ3) is 13.8. The minimum absolute atomic E-state index is 0.396. The molecule has 4 aliphatic carbocycles. The molecule has 5 aliphatic heterocycles. The van der Waals surface area contributed by atoms with E-state index in [1.54, 1.807) is 0 Å². The maximum Gasteiger partial charge on any atom is 0.165 e. The molecule has 5 saturated heterocycles. The van der Waals surface area contributed by atoms with Crippen molar-refractivity contribution in [3.63, 3.8) is 0 Å². The quantitative estimate of drug-likeness (QED) is 0.0410. The summed E-state index contributed by atoms with van der Waals surface area (Å²) in [5.41, 5.74) is 18.6. The molecule has 0 radical (unpaired) electrons. The second-order valence-corrected chi connectivity index (χ2v) is 33.2. The summed E-state index contributed by atoms with van der Waals surface area (Å²) in [7, 11) is 0. The van der Waals surface area contributed by atoms with Gasteiger partial charge in [-0.15, -0.1) is 0 Å². The van der Waals surface area contributed by atoms with E-state index in [0.29, 0.717) is 12.1 Å². The van der Waals surface area contributed by atoms with Gasteiger partial charge in [0.1, 0.15) is 24.7 Å². The summed E-state index contributed by atoms with van der Waals surface area (Å²) < 4.78 is 138. The predicted molar refractivity (Wildman–Crippen MR) is 431 cm³/mol. The molecule has 8 aromatic carbocycles. The van der Waals surface area contributed by atoms with Crippen molar-refractivity contribution >= 4 is 45.5 Å². The van der Waals surface area contributed by atoms with E-state index < -0.39 is 188 Å². The van der Waals surface area contributed by atoms with Crippen molar-refractivity contribution in [2.75, 3.05) is 42.6 Å². The van der Waals surface area contributed by atoms with Gasteiger partial charge in [0.2, 0.25) is 0 Å². The van der Waals surface area contributed by atoms with Gasteiger partial charge < -0.3 is 42.6 Å². The molecule has 4 saturated carbocycles. The number of hydrazine groups is 1. The molecule has 16 nitrogen and oxygen atoms in total. The Bertz CT molecular complexity index is 4640. The summed E-state index contributed by atoms with van der Waals surface area (Å²) >= 11 is 0. The van der Waals surface area contributed by atoms with Gasteiger partial charge in [0, 0.05) is 87.3 Å². The van der Waals surface area contributed by atoms with Gasteiger partial charge in [0.25, 0.3) is 0 Å². The van der Waals surface area contributed by atoms with Crippen molar-refractivity contribution in [3.8, 4) is 0 Å². The van der Waals surface area contributed by atoms with Crippen LogP contribution in [0.15, 0.2) is 194 Å². The molecule has 8 bridgehead atoms. The molecule has 8 aromatic rings. The van der Waals surface area contributed by atoms with Gasteiger partial charge in [-0.05, 0) is 161 Å². The van der Waals surface area contributed by atoms with Crippen molar-refractivity contribution in [2.24, 2.45) is 47.3 Å². The lowest BCUT2D eigenvalue weighted by Gasteiger charge is -2.53. The fourth-order valence-corrected chi connectivity index (χ4v) is 21.0. The number of para-hydroxylation sites is 8. The Kier molecular flexibility index (Phi) is 21.2. The van der Waals surface area contributed by atoms with Crippen LogP contribution in [0.25, 0.3) is 0 Å². The van der Waals surface area contributed by atoms with Gasteiger partial charge >= 0.3 is 0 Å². The van der Waals surface area contributed by atoms with E-state index in [0.717, 1.165) is 84.3 Å². The van der Waals surface area contributed by atoms with Gasteiger partial charge in [0.05, 0.1) is 91.3 Å². The lowest BCUT2D eigenvalue weighted by Crippen LogP contribution is -2.71.